The number of para-hydroxylation sites is 2. The van der Waals surface area contributed by atoms with Gasteiger partial charge in [-0.1, -0.05) is 68.2 Å². The van der Waals surface area contributed by atoms with Crippen LogP contribution >= 0.6 is 0 Å². The number of unbranched alkanes of at least 4 members (excludes halogenated alkanes) is 5. The number of hydrogen-bond acceptors (Lipinski definition) is 7. The highest BCUT2D eigenvalue weighted by molar-refractivity contribution is 6.01. The van der Waals surface area contributed by atoms with Crippen LogP contribution in [0.1, 0.15) is 68.6 Å². The topological polar surface area (TPSA) is 89.3 Å². The molecule has 0 spiro atoms. The van der Waals surface area contributed by atoms with Gasteiger partial charge in [0.25, 0.3) is 0 Å². The lowest BCUT2D eigenvalue weighted by atomic mass is 10.0. The number of nitrogens with zero attached hydrogens (tertiary/aromatic N) is 3. The van der Waals surface area contributed by atoms with Gasteiger partial charge in [0.1, 0.15) is 11.0 Å². The van der Waals surface area contributed by atoms with Crippen molar-refractivity contribution in [3.8, 4) is 5.69 Å². The number of aliphatic imine (C=N–C) groups is 1. The molecule has 7 rings (SSSR count). The Balaban J connectivity index is 0.872. The minimum absolute atomic E-state index is 0.808. The number of hydrogen-bond donors (Lipinski definition) is 5. The smallest absolute Gasteiger partial charge is 0.239 e. The molecule has 0 atom stereocenters. The molecule has 0 saturated heterocycles. The maximum atomic E-state index is 5.13. The van der Waals surface area contributed by atoms with Crippen LogP contribution in [0.4, 0.5) is 34.1 Å². The maximum absolute atomic E-state index is 5.13. The summed E-state index contributed by atoms with van der Waals surface area (Å²) in [4.78, 5) is 10.2. The second-order valence-electron chi connectivity index (χ2n) is 15.5. The summed E-state index contributed by atoms with van der Waals surface area (Å²) in [5, 5.41) is 17.7. The zero-order chi connectivity index (χ0) is 40.4. The van der Waals surface area contributed by atoms with E-state index in [4.69, 9.17) is 9.98 Å². The molecule has 58 heavy (non-hydrogen) atoms. The minimum atomic E-state index is 0.808. The molecule has 1 heterocycles. The van der Waals surface area contributed by atoms with E-state index in [9.17, 15) is 0 Å². The summed E-state index contributed by atoms with van der Waals surface area (Å²) in [6.07, 6.45) is 12.6. The molecule has 0 radical (unpaired) electrons. The first-order valence-corrected chi connectivity index (χ1v) is 20.9. The zero-order valence-corrected chi connectivity index (χ0v) is 35.1. The van der Waals surface area contributed by atoms with Crippen LogP contribution in [0.3, 0.4) is 0 Å². The van der Waals surface area contributed by atoms with Gasteiger partial charge >= 0.3 is 0 Å². The van der Waals surface area contributed by atoms with E-state index in [1.165, 1.54) is 65.8 Å². The van der Waals surface area contributed by atoms with Gasteiger partial charge in [-0.15, -0.1) is 4.57 Å². The summed E-state index contributed by atoms with van der Waals surface area (Å²) in [5.74, 6) is 0. The zero-order valence-electron chi connectivity index (χ0n) is 35.1. The summed E-state index contributed by atoms with van der Waals surface area (Å²) in [7, 11) is 3.94. The number of allylic oxidation sites excluding steroid dienone is 3. The molecule has 5 N–H and O–H groups in total. The van der Waals surface area contributed by atoms with Crippen LogP contribution in [-0.4, -0.2) is 37.9 Å². The Morgan fingerprint density at radius 2 is 1.17 bits per heavy atom. The van der Waals surface area contributed by atoms with E-state index >= 15 is 0 Å². The summed E-state index contributed by atoms with van der Waals surface area (Å²) >= 11 is 0. The van der Waals surface area contributed by atoms with Crippen LogP contribution in [-0.2, 0) is 0 Å². The number of benzene rings is 5. The van der Waals surface area contributed by atoms with Gasteiger partial charge in [-0.05, 0) is 105 Å². The number of aromatic nitrogens is 2. The molecule has 0 unspecified atom stereocenters. The van der Waals surface area contributed by atoms with E-state index in [-0.39, 0.29) is 0 Å². The van der Waals surface area contributed by atoms with E-state index < -0.39 is 0 Å². The SMILES string of the molecule is CNc1cc(Nc2ccccc2)c(N=C2C=C(C)C(NCCCCCCCCNc3cc4c(cc3C)nc3cc(C)c(NC)cc3[n+]4-c3ccccc3)=CC2)cc1C. The monoisotopic (exact) mass is 771 g/mol. The first-order chi connectivity index (χ1) is 28.3. The van der Waals surface area contributed by atoms with Crippen molar-refractivity contribution in [2.24, 2.45) is 4.99 Å². The molecular formula is C50H59N8+. The summed E-state index contributed by atoms with van der Waals surface area (Å²) < 4.78 is 2.35. The van der Waals surface area contributed by atoms with E-state index in [2.05, 4.69) is 150 Å². The molecule has 5 aromatic carbocycles. The molecule has 0 saturated carbocycles. The number of nitrogens with one attached hydrogen (secondary N) is 5. The Labute approximate surface area is 344 Å². The van der Waals surface area contributed by atoms with Crippen LogP contribution in [0.5, 0.6) is 0 Å². The van der Waals surface area contributed by atoms with E-state index in [1.54, 1.807) is 0 Å². The minimum Gasteiger partial charge on any atom is -0.388 e. The molecule has 0 fully saturated rings. The summed E-state index contributed by atoms with van der Waals surface area (Å²) in [5.41, 5.74) is 18.8. The highest BCUT2D eigenvalue weighted by Gasteiger charge is 2.22. The molecule has 0 aliphatic heterocycles. The number of aryl methyl sites for hydroxylation is 3. The average Bonchev–Trinajstić information content (AvgIpc) is 3.23. The molecule has 6 aromatic rings. The summed E-state index contributed by atoms with van der Waals surface area (Å²) in [6, 6.07) is 34.1. The van der Waals surface area contributed by atoms with Crippen LogP contribution < -0.4 is 31.2 Å². The lowest BCUT2D eigenvalue weighted by molar-refractivity contribution is -0.538. The van der Waals surface area contributed by atoms with Gasteiger partial charge in [0.05, 0.1) is 11.4 Å². The van der Waals surface area contributed by atoms with E-state index in [1.807, 2.05) is 32.3 Å². The fourth-order valence-corrected chi connectivity index (χ4v) is 7.91. The molecule has 8 nitrogen and oxygen atoms in total. The van der Waals surface area contributed by atoms with Gasteiger partial charge in [-0.3, -0.25) is 4.99 Å². The number of anilines is 5. The Morgan fingerprint density at radius 1 is 0.603 bits per heavy atom. The second kappa shape index (κ2) is 18.9. The third-order valence-corrected chi connectivity index (χ3v) is 11.1. The van der Waals surface area contributed by atoms with Crippen molar-refractivity contribution >= 4 is 61.9 Å². The Morgan fingerprint density at radius 3 is 1.83 bits per heavy atom. The quantitative estimate of drug-likeness (QED) is 0.0360. The lowest BCUT2D eigenvalue weighted by Crippen LogP contribution is -2.33. The molecule has 1 aliphatic carbocycles. The van der Waals surface area contributed by atoms with Crippen molar-refractivity contribution in [1.29, 1.82) is 0 Å². The molecule has 0 bridgehead atoms. The second-order valence-corrected chi connectivity index (χ2v) is 15.5. The van der Waals surface area contributed by atoms with Crippen molar-refractivity contribution in [2.45, 2.75) is 72.6 Å². The van der Waals surface area contributed by atoms with Crippen LogP contribution in [0, 0.1) is 20.8 Å². The van der Waals surface area contributed by atoms with Gasteiger partial charge < -0.3 is 26.6 Å². The number of rotatable bonds is 17. The van der Waals surface area contributed by atoms with Crippen molar-refractivity contribution < 1.29 is 4.57 Å². The summed E-state index contributed by atoms with van der Waals surface area (Å²) in [6.45, 7) is 10.6. The highest BCUT2D eigenvalue weighted by Crippen LogP contribution is 2.35. The van der Waals surface area contributed by atoms with Gasteiger partial charge in [-0.2, -0.15) is 0 Å². The molecule has 0 amide bonds. The van der Waals surface area contributed by atoms with E-state index in [0.29, 0.717) is 0 Å². The predicted octanol–water partition coefficient (Wildman–Crippen LogP) is 11.8. The molecule has 1 aliphatic rings. The van der Waals surface area contributed by atoms with Crippen LogP contribution in [0.15, 0.2) is 125 Å². The van der Waals surface area contributed by atoms with Gasteiger partial charge in [0, 0.05) is 92.0 Å². The standard InChI is InChI=1S/C50H58N8/c1-34-27-39(56-45-28-35(2)42(51-5)31-46(45)55-38-19-13-11-14-20-38)23-24-41(34)53-25-17-9-7-8-10-18-26-54-44-33-50-48(30-37(44)4)57-47-29-36(3)43(52-6)32-49(47)58(50)40-21-15-12-16-22-40/h11-16,19-22,24,27-33,51,53,55H,7-10,17-18,23,25-26H2,1-6H3,(H,52,54)/p+1. The van der Waals surface area contributed by atoms with Gasteiger partial charge in [0.15, 0.2) is 0 Å². The van der Waals surface area contributed by atoms with Crippen molar-refractivity contribution in [3.63, 3.8) is 0 Å². The maximum Gasteiger partial charge on any atom is 0.239 e. The molecular weight excluding hydrogens is 713 g/mol. The molecule has 1 aromatic heterocycles. The molecule has 8 heteroatoms. The average molecular weight is 772 g/mol. The van der Waals surface area contributed by atoms with Crippen LogP contribution in [0.2, 0.25) is 0 Å². The van der Waals surface area contributed by atoms with Crippen molar-refractivity contribution in [1.82, 2.24) is 10.3 Å². The predicted molar refractivity (Wildman–Crippen MR) is 248 cm³/mol. The third-order valence-electron chi connectivity index (χ3n) is 11.1. The highest BCUT2D eigenvalue weighted by atomic mass is 15.0. The Kier molecular flexibility index (Phi) is 13.0. The number of fused-ring (bicyclic) bond motifs is 2. The Bertz CT molecular complexity index is 2470. The first kappa shape index (κ1) is 40.1. The third kappa shape index (κ3) is 9.51. The van der Waals surface area contributed by atoms with Crippen molar-refractivity contribution in [3.05, 3.63) is 137 Å². The van der Waals surface area contributed by atoms with Gasteiger partial charge in [0.2, 0.25) is 16.7 Å². The fraction of sp³-hybridized carbons (Fsp3) is 0.300. The first-order valence-electron chi connectivity index (χ1n) is 20.9. The fourth-order valence-electron chi connectivity index (χ4n) is 7.91. The van der Waals surface area contributed by atoms with Gasteiger partial charge in [-0.25, -0.2) is 4.98 Å². The lowest BCUT2D eigenvalue weighted by Gasteiger charge is -2.18. The van der Waals surface area contributed by atoms with Crippen LogP contribution in [0.25, 0.3) is 27.8 Å². The van der Waals surface area contributed by atoms with E-state index in [0.717, 1.165) is 87.8 Å². The Hall–Kier alpha value is -6.15. The normalized spacial score (nSPS) is 13.4. The largest absolute Gasteiger partial charge is 0.388 e. The van der Waals surface area contributed by atoms with Crippen molar-refractivity contribution in [2.75, 3.05) is 48.5 Å². The molecule has 298 valence electrons.